The zero-order chi connectivity index (χ0) is 32.0. The zero-order valence-corrected chi connectivity index (χ0v) is 26.1. The predicted octanol–water partition coefficient (Wildman–Crippen LogP) is -0.464. The van der Waals surface area contributed by atoms with Gasteiger partial charge in [-0.3, -0.25) is 9.59 Å². The molecule has 0 radical (unpaired) electrons. The quantitative estimate of drug-likeness (QED) is 0.0647. The van der Waals surface area contributed by atoms with Crippen LogP contribution in [0.15, 0.2) is 0 Å². The molecule has 0 aromatic carbocycles. The number of hydrogen-bond donors (Lipinski definition) is 2. The molecule has 16 heteroatoms. The highest BCUT2D eigenvalue weighted by Crippen LogP contribution is 1.93. The van der Waals surface area contributed by atoms with Gasteiger partial charge in [-0.15, -0.1) is 0 Å². The van der Waals surface area contributed by atoms with E-state index in [4.69, 9.17) is 67.7 Å². The van der Waals surface area contributed by atoms with E-state index in [0.717, 1.165) is 0 Å². The topological polar surface area (TPSA) is 191 Å². The molecule has 0 aliphatic heterocycles. The molecule has 0 bridgehead atoms. The van der Waals surface area contributed by atoms with Gasteiger partial charge >= 0.3 is 11.9 Å². The molecule has 0 spiro atoms. The second-order valence-electron chi connectivity index (χ2n) is 8.64. The minimum absolute atomic E-state index is 0.0809. The Morgan fingerprint density at radius 1 is 0.364 bits per heavy atom. The van der Waals surface area contributed by atoms with Crippen molar-refractivity contribution in [3.63, 3.8) is 0 Å². The van der Waals surface area contributed by atoms with Gasteiger partial charge < -0.3 is 67.7 Å². The number of carbonyl (C=O) groups is 2. The van der Waals surface area contributed by atoms with Gasteiger partial charge in [-0.25, -0.2) is 0 Å². The van der Waals surface area contributed by atoms with Gasteiger partial charge in [-0.1, -0.05) is 0 Å². The van der Waals surface area contributed by atoms with E-state index < -0.39 is 11.9 Å². The molecule has 0 aromatic rings. The molecule has 0 saturated heterocycles. The van der Waals surface area contributed by atoms with Gasteiger partial charge in [0.15, 0.2) is 0 Å². The molecule has 0 fully saturated rings. The summed E-state index contributed by atoms with van der Waals surface area (Å²) in [6, 6.07) is 0. The van der Waals surface area contributed by atoms with Crippen LogP contribution < -0.4 is 5.73 Å². The summed E-state index contributed by atoms with van der Waals surface area (Å²) >= 11 is 0. The normalized spacial score (nSPS) is 11.3. The lowest BCUT2D eigenvalue weighted by Crippen LogP contribution is -2.16. The Balaban J connectivity index is 3.08. The predicted molar refractivity (Wildman–Crippen MR) is 156 cm³/mol. The maximum Gasteiger partial charge on any atom is 0.306 e. The minimum Gasteiger partial charge on any atom is -0.481 e. The van der Waals surface area contributed by atoms with Crippen LogP contribution in [0.3, 0.4) is 0 Å². The summed E-state index contributed by atoms with van der Waals surface area (Å²) in [4.78, 5) is 21.6. The molecule has 0 saturated carbocycles. The number of carboxylic acid groups (broad SMARTS) is 1. The fraction of sp³-hybridized carbons (Fsp3) is 0.929. The number of nitrogens with two attached hydrogens (primary N) is 1. The summed E-state index contributed by atoms with van der Waals surface area (Å²) < 4.78 is 64.0. The van der Waals surface area contributed by atoms with E-state index in [1.807, 2.05) is 0 Å². The number of esters is 1. The van der Waals surface area contributed by atoms with E-state index in [0.29, 0.717) is 145 Å². The second-order valence-corrected chi connectivity index (χ2v) is 8.64. The highest BCUT2D eigenvalue weighted by atomic mass is 16.6. The number of rotatable bonds is 38. The molecule has 0 rings (SSSR count). The van der Waals surface area contributed by atoms with E-state index in [1.54, 1.807) is 0 Å². The van der Waals surface area contributed by atoms with Crippen LogP contribution in [0.4, 0.5) is 0 Å². The molecule has 0 aromatic heterocycles. The molecule has 0 amide bonds. The summed E-state index contributed by atoms with van der Waals surface area (Å²) in [5, 5.41) is 8.48. The maximum absolute atomic E-state index is 11.2. The van der Waals surface area contributed by atoms with E-state index in [2.05, 4.69) is 0 Å². The molecule has 44 heavy (non-hydrogen) atoms. The van der Waals surface area contributed by atoms with Crippen LogP contribution in [0.2, 0.25) is 0 Å². The van der Waals surface area contributed by atoms with Crippen molar-refractivity contribution in [2.45, 2.75) is 12.8 Å². The highest BCUT2D eigenvalue weighted by molar-refractivity contribution is 5.76. The van der Waals surface area contributed by atoms with Crippen molar-refractivity contribution in [2.75, 3.05) is 159 Å². The standard InChI is InChI=1S/C28H55NO15/c29-3-4-33-5-6-34-7-8-35-9-10-36-11-12-37-13-14-38-15-16-39-17-18-40-19-20-41-21-22-42-23-24-43-25-26-44-28(32)2-1-27(30)31/h1-26,29H2,(H,30,31). The Labute approximate surface area is 260 Å². The Bertz CT molecular complexity index is 603. The molecular formula is C28H55NO15. The van der Waals surface area contributed by atoms with Crippen molar-refractivity contribution >= 4 is 11.9 Å². The van der Waals surface area contributed by atoms with Gasteiger partial charge in [0, 0.05) is 6.54 Å². The highest BCUT2D eigenvalue weighted by Gasteiger charge is 2.06. The molecule has 0 unspecified atom stereocenters. The van der Waals surface area contributed by atoms with Crippen LogP contribution in [-0.2, 0) is 66.4 Å². The maximum atomic E-state index is 11.2. The van der Waals surface area contributed by atoms with Crippen LogP contribution >= 0.6 is 0 Å². The smallest absolute Gasteiger partial charge is 0.306 e. The molecule has 262 valence electrons. The summed E-state index contributed by atoms with van der Waals surface area (Å²) in [5.74, 6) is -1.59. The van der Waals surface area contributed by atoms with E-state index in [9.17, 15) is 9.59 Å². The Kier molecular flexibility index (Phi) is 36.3. The number of ether oxygens (including phenoxy) is 12. The first-order valence-electron chi connectivity index (χ1n) is 15.1. The first-order chi connectivity index (χ1) is 21.7. The van der Waals surface area contributed by atoms with Gasteiger partial charge in [-0.05, 0) is 0 Å². The Hall–Kier alpha value is -1.54. The van der Waals surface area contributed by atoms with E-state index in [-0.39, 0.29) is 26.1 Å². The Morgan fingerprint density at radius 3 is 0.818 bits per heavy atom. The third kappa shape index (κ3) is 38.5. The van der Waals surface area contributed by atoms with Crippen LogP contribution in [0.1, 0.15) is 12.8 Å². The fourth-order valence-corrected chi connectivity index (χ4v) is 2.88. The largest absolute Gasteiger partial charge is 0.481 e. The van der Waals surface area contributed by atoms with Crippen molar-refractivity contribution in [1.82, 2.24) is 0 Å². The first-order valence-corrected chi connectivity index (χ1v) is 15.1. The monoisotopic (exact) mass is 645 g/mol. The first kappa shape index (κ1) is 42.5. The van der Waals surface area contributed by atoms with Crippen molar-refractivity contribution in [3.05, 3.63) is 0 Å². The van der Waals surface area contributed by atoms with Gasteiger partial charge in [-0.2, -0.15) is 0 Å². The number of carbonyl (C=O) groups excluding carboxylic acids is 1. The molecule has 0 heterocycles. The van der Waals surface area contributed by atoms with Crippen molar-refractivity contribution in [3.8, 4) is 0 Å². The lowest BCUT2D eigenvalue weighted by atomic mass is 10.3. The molecule has 0 atom stereocenters. The molecular weight excluding hydrogens is 590 g/mol. The second kappa shape index (κ2) is 37.6. The average Bonchev–Trinajstić information content (AvgIpc) is 3.02. The van der Waals surface area contributed by atoms with Gasteiger partial charge in [0.05, 0.1) is 158 Å². The SMILES string of the molecule is NCCOCCOCCOCCOCCOCCOCCOCCOCCOCCOCCOCCOC(=O)CCC(=O)O. The number of aliphatic carboxylic acids is 1. The summed E-state index contributed by atoms with van der Waals surface area (Å²) in [5.41, 5.74) is 5.32. The van der Waals surface area contributed by atoms with Crippen LogP contribution in [0.25, 0.3) is 0 Å². The Morgan fingerprint density at radius 2 is 0.591 bits per heavy atom. The lowest BCUT2D eigenvalue weighted by Gasteiger charge is -2.09. The van der Waals surface area contributed by atoms with Gasteiger partial charge in [0.1, 0.15) is 6.61 Å². The van der Waals surface area contributed by atoms with Gasteiger partial charge in [0.2, 0.25) is 0 Å². The molecule has 16 nitrogen and oxygen atoms in total. The number of hydrogen-bond acceptors (Lipinski definition) is 15. The molecule has 0 aliphatic rings. The lowest BCUT2D eigenvalue weighted by molar-refractivity contribution is -0.149. The number of carboxylic acids is 1. The fourth-order valence-electron chi connectivity index (χ4n) is 2.88. The average molecular weight is 646 g/mol. The zero-order valence-electron chi connectivity index (χ0n) is 26.1. The molecule has 0 aliphatic carbocycles. The van der Waals surface area contributed by atoms with Crippen molar-refractivity contribution in [2.24, 2.45) is 5.73 Å². The third-order valence-electron chi connectivity index (χ3n) is 5.02. The van der Waals surface area contributed by atoms with Crippen molar-refractivity contribution in [1.29, 1.82) is 0 Å². The van der Waals surface area contributed by atoms with Crippen LogP contribution in [0, 0.1) is 0 Å². The molecule has 3 N–H and O–H groups in total. The van der Waals surface area contributed by atoms with Crippen LogP contribution in [-0.4, -0.2) is 176 Å². The van der Waals surface area contributed by atoms with E-state index in [1.165, 1.54) is 0 Å². The van der Waals surface area contributed by atoms with E-state index >= 15 is 0 Å². The third-order valence-corrected chi connectivity index (χ3v) is 5.02. The summed E-state index contributed by atoms with van der Waals surface area (Å²) in [7, 11) is 0. The summed E-state index contributed by atoms with van der Waals surface area (Å²) in [6.45, 7) is 10.9. The van der Waals surface area contributed by atoms with Gasteiger partial charge in [0.25, 0.3) is 0 Å². The minimum atomic E-state index is -1.04. The summed E-state index contributed by atoms with van der Waals surface area (Å²) in [6.07, 6.45) is -0.388. The van der Waals surface area contributed by atoms with Crippen molar-refractivity contribution < 1.29 is 71.5 Å². The van der Waals surface area contributed by atoms with Crippen LogP contribution in [0.5, 0.6) is 0 Å².